The van der Waals surface area contributed by atoms with Gasteiger partial charge in [-0.15, -0.1) is 11.8 Å². The summed E-state index contributed by atoms with van der Waals surface area (Å²) in [6.07, 6.45) is 8.12. The van der Waals surface area contributed by atoms with E-state index >= 15 is 0 Å². The molecule has 1 heterocycles. The number of nitrogens with one attached hydrogen (secondary N) is 1. The smallest absolute Gasteiger partial charge is 0.0454 e. The first-order chi connectivity index (χ1) is 7.45. The van der Waals surface area contributed by atoms with Crippen LogP contribution in [0.1, 0.15) is 5.56 Å². The number of hydrogen-bond acceptors (Lipinski definition) is 2. The van der Waals surface area contributed by atoms with Crippen LogP contribution in [0.3, 0.4) is 0 Å². The van der Waals surface area contributed by atoms with Gasteiger partial charge in [-0.05, 0) is 24.1 Å². The van der Waals surface area contributed by atoms with E-state index < -0.39 is 0 Å². The van der Waals surface area contributed by atoms with Crippen molar-refractivity contribution in [1.82, 2.24) is 5.32 Å². The molecule has 1 aromatic carbocycles. The molecule has 0 aliphatic carbocycles. The minimum atomic E-state index is 0.951. The monoisotopic (exact) mass is 216 g/mol. The summed E-state index contributed by atoms with van der Waals surface area (Å²) < 4.78 is 0. The number of aryl methyl sites for hydroxylation is 1. The first-order valence-electron chi connectivity index (χ1n) is 5.12. The highest BCUT2D eigenvalue weighted by Gasteiger charge is 1.99. The summed E-state index contributed by atoms with van der Waals surface area (Å²) in [6, 6.07) is 10.6. The van der Waals surface area contributed by atoms with Gasteiger partial charge in [-0.25, -0.2) is 0 Å². The lowest BCUT2D eigenvalue weighted by Crippen LogP contribution is -2.11. The minimum absolute atomic E-state index is 0.951. The number of benzene rings is 1. The van der Waals surface area contributed by atoms with E-state index in [0.29, 0.717) is 0 Å². The van der Waals surface area contributed by atoms with Crippen LogP contribution in [0.25, 0.3) is 0 Å². The van der Waals surface area contributed by atoms with E-state index in [1.54, 1.807) is 0 Å². The van der Waals surface area contributed by atoms with Crippen molar-refractivity contribution >= 4 is 11.8 Å². The molecule has 0 bridgehead atoms. The van der Waals surface area contributed by atoms with Crippen molar-refractivity contribution < 1.29 is 0 Å². The molecule has 0 unspecified atom stereocenters. The van der Waals surface area contributed by atoms with Gasteiger partial charge in [0.1, 0.15) is 0 Å². The van der Waals surface area contributed by atoms with Gasteiger partial charge in [0.2, 0.25) is 0 Å². The van der Waals surface area contributed by atoms with Crippen LogP contribution in [-0.4, -0.2) is 12.3 Å². The predicted molar refractivity (Wildman–Crippen MR) is 66.5 cm³/mol. The summed E-state index contributed by atoms with van der Waals surface area (Å²) in [5.41, 5.74) is 1.41. The largest absolute Gasteiger partial charge is 0.386 e. The molecule has 1 aliphatic heterocycles. The maximum atomic E-state index is 3.16. The van der Waals surface area contributed by atoms with Crippen LogP contribution < -0.4 is 5.32 Å². The Labute approximate surface area is 95.3 Å². The quantitative estimate of drug-likeness (QED) is 0.830. The van der Waals surface area contributed by atoms with Gasteiger partial charge in [0.05, 0.1) is 0 Å². The number of dihydropyridines is 1. The summed E-state index contributed by atoms with van der Waals surface area (Å²) in [4.78, 5) is 1.37. The van der Waals surface area contributed by atoms with Crippen molar-refractivity contribution in [2.24, 2.45) is 0 Å². The van der Waals surface area contributed by atoms with Crippen molar-refractivity contribution in [2.75, 3.05) is 12.3 Å². The molecule has 1 N–H and O–H groups in total. The number of allylic oxidation sites excluding steroid dienone is 2. The van der Waals surface area contributed by atoms with Gasteiger partial charge in [0.15, 0.2) is 0 Å². The highest BCUT2D eigenvalue weighted by molar-refractivity contribution is 8.03. The SMILES string of the molecule is [C]1=CNCC(SCCc2ccccc2)=C1. The van der Waals surface area contributed by atoms with Crippen molar-refractivity contribution in [3.8, 4) is 0 Å². The van der Waals surface area contributed by atoms with Crippen molar-refractivity contribution in [1.29, 1.82) is 0 Å². The van der Waals surface area contributed by atoms with Crippen molar-refractivity contribution in [3.63, 3.8) is 0 Å². The molecule has 1 radical (unpaired) electrons. The molecular weight excluding hydrogens is 202 g/mol. The van der Waals surface area contributed by atoms with Gasteiger partial charge in [0.25, 0.3) is 0 Å². The normalized spacial score (nSPS) is 14.5. The lowest BCUT2D eigenvalue weighted by atomic mass is 10.2. The van der Waals surface area contributed by atoms with E-state index in [4.69, 9.17) is 0 Å². The van der Waals surface area contributed by atoms with E-state index in [9.17, 15) is 0 Å². The molecule has 77 valence electrons. The molecule has 0 saturated heterocycles. The third-order valence-electron chi connectivity index (χ3n) is 2.23. The molecule has 0 amide bonds. The molecule has 1 nitrogen and oxygen atoms in total. The Balaban J connectivity index is 1.75. The fourth-order valence-corrected chi connectivity index (χ4v) is 2.37. The standard InChI is InChI=1S/C13H14NS/c1-2-5-12(6-3-1)8-10-15-13-7-4-9-14-11-13/h1-3,5-7,9,14H,8,10-11H2. The maximum Gasteiger partial charge on any atom is 0.0454 e. The molecule has 0 atom stereocenters. The molecule has 0 saturated carbocycles. The molecule has 0 aromatic heterocycles. The highest BCUT2D eigenvalue weighted by Crippen LogP contribution is 2.17. The molecule has 1 aromatic rings. The van der Waals surface area contributed by atoms with Crippen molar-refractivity contribution in [2.45, 2.75) is 6.42 Å². The van der Waals surface area contributed by atoms with Gasteiger partial charge in [-0.1, -0.05) is 30.3 Å². The molecular formula is C13H14NS. The fourth-order valence-electron chi connectivity index (χ4n) is 1.43. The second kappa shape index (κ2) is 5.66. The van der Waals surface area contributed by atoms with Crippen LogP contribution in [0.5, 0.6) is 0 Å². The van der Waals surface area contributed by atoms with E-state index in [0.717, 1.165) is 18.7 Å². The Morgan fingerprint density at radius 3 is 2.87 bits per heavy atom. The number of rotatable bonds is 4. The van der Waals surface area contributed by atoms with Crippen LogP contribution >= 0.6 is 11.8 Å². The summed E-state index contributed by atoms with van der Waals surface area (Å²) in [5, 5.41) is 3.16. The summed E-state index contributed by atoms with van der Waals surface area (Å²) in [7, 11) is 0. The average molecular weight is 216 g/mol. The summed E-state index contributed by atoms with van der Waals surface area (Å²) in [6.45, 7) is 0.951. The van der Waals surface area contributed by atoms with Gasteiger partial charge >= 0.3 is 0 Å². The van der Waals surface area contributed by atoms with Crippen LogP contribution in [0.15, 0.2) is 47.5 Å². The van der Waals surface area contributed by atoms with Crippen LogP contribution in [-0.2, 0) is 6.42 Å². The van der Waals surface area contributed by atoms with Gasteiger partial charge in [-0.3, -0.25) is 0 Å². The minimum Gasteiger partial charge on any atom is -0.386 e. The third-order valence-corrected chi connectivity index (χ3v) is 3.27. The Kier molecular flexibility index (Phi) is 3.92. The number of hydrogen-bond donors (Lipinski definition) is 1. The van der Waals surface area contributed by atoms with E-state index in [2.05, 4.69) is 47.8 Å². The highest BCUT2D eigenvalue weighted by atomic mass is 32.2. The van der Waals surface area contributed by atoms with Crippen LogP contribution in [0.4, 0.5) is 0 Å². The molecule has 1 aliphatic rings. The van der Waals surface area contributed by atoms with E-state index in [-0.39, 0.29) is 0 Å². The van der Waals surface area contributed by atoms with E-state index in [1.165, 1.54) is 10.5 Å². The van der Waals surface area contributed by atoms with Crippen LogP contribution in [0, 0.1) is 6.08 Å². The van der Waals surface area contributed by atoms with Crippen molar-refractivity contribution in [3.05, 3.63) is 59.2 Å². The molecule has 2 heteroatoms. The summed E-state index contributed by atoms with van der Waals surface area (Å²) in [5.74, 6) is 1.14. The second-order valence-corrected chi connectivity index (χ2v) is 4.61. The molecule has 2 rings (SSSR count). The Bertz CT molecular complexity index is 354. The topological polar surface area (TPSA) is 12.0 Å². The fraction of sp³-hybridized carbons (Fsp3) is 0.231. The molecule has 0 spiro atoms. The maximum absolute atomic E-state index is 3.16. The van der Waals surface area contributed by atoms with Gasteiger partial charge in [-0.2, -0.15) is 0 Å². The first kappa shape index (κ1) is 10.4. The Morgan fingerprint density at radius 1 is 1.27 bits per heavy atom. The zero-order chi connectivity index (χ0) is 10.3. The molecule has 0 fully saturated rings. The predicted octanol–water partition coefficient (Wildman–Crippen LogP) is 2.77. The van der Waals surface area contributed by atoms with Gasteiger partial charge < -0.3 is 5.32 Å². The Morgan fingerprint density at radius 2 is 2.13 bits per heavy atom. The third kappa shape index (κ3) is 3.48. The van der Waals surface area contributed by atoms with Gasteiger partial charge in [0, 0.05) is 23.4 Å². The average Bonchev–Trinajstić information content (AvgIpc) is 2.32. The second-order valence-electron chi connectivity index (χ2n) is 3.39. The van der Waals surface area contributed by atoms with Crippen LogP contribution in [0.2, 0.25) is 0 Å². The molecule has 15 heavy (non-hydrogen) atoms. The lowest BCUT2D eigenvalue weighted by Gasteiger charge is -2.09. The first-order valence-corrected chi connectivity index (χ1v) is 6.10. The zero-order valence-electron chi connectivity index (χ0n) is 8.57. The van der Waals surface area contributed by atoms with E-state index in [1.807, 2.05) is 18.0 Å². The Hall–Kier alpha value is -1.15. The summed E-state index contributed by atoms with van der Waals surface area (Å²) >= 11 is 1.91. The zero-order valence-corrected chi connectivity index (χ0v) is 9.39. The number of thioether (sulfide) groups is 1. The lowest BCUT2D eigenvalue weighted by molar-refractivity contribution is 0.954.